The van der Waals surface area contributed by atoms with Crippen LogP contribution < -0.4 is 15.6 Å². The van der Waals surface area contributed by atoms with Crippen molar-refractivity contribution >= 4 is 56.5 Å². The molecule has 0 saturated heterocycles. The van der Waals surface area contributed by atoms with Crippen molar-refractivity contribution in [1.82, 2.24) is 9.55 Å². The maximum absolute atomic E-state index is 13.2. The van der Waals surface area contributed by atoms with Gasteiger partial charge in [0, 0.05) is 22.0 Å². The number of benzene rings is 1. The molecule has 6 nitrogen and oxygen atoms in total. The lowest BCUT2D eigenvalue weighted by Crippen LogP contribution is -2.28. The average Bonchev–Trinajstić information content (AvgIpc) is 2.97. The predicted molar refractivity (Wildman–Crippen MR) is 130 cm³/mol. The van der Waals surface area contributed by atoms with Crippen LogP contribution in [-0.4, -0.2) is 27.8 Å². The van der Waals surface area contributed by atoms with E-state index in [-0.39, 0.29) is 17.5 Å². The van der Waals surface area contributed by atoms with Gasteiger partial charge < -0.3 is 10.1 Å². The molecule has 9 heteroatoms. The van der Waals surface area contributed by atoms with E-state index in [9.17, 15) is 9.59 Å². The molecule has 166 valence electrons. The van der Waals surface area contributed by atoms with Gasteiger partial charge in [0.2, 0.25) is 5.91 Å². The normalized spacial score (nSPS) is 12.4. The van der Waals surface area contributed by atoms with E-state index in [1.807, 2.05) is 34.6 Å². The molecule has 0 aliphatic carbocycles. The molecular weight excluding hydrogens is 454 g/mol. The highest BCUT2D eigenvalue weighted by Crippen LogP contribution is 2.33. The van der Waals surface area contributed by atoms with Gasteiger partial charge in [0.25, 0.3) is 5.56 Å². The lowest BCUT2D eigenvalue weighted by molar-refractivity contribution is -0.115. The second kappa shape index (κ2) is 9.22. The molecule has 0 bridgehead atoms. The van der Waals surface area contributed by atoms with Crippen LogP contribution in [0.25, 0.3) is 10.2 Å². The Morgan fingerprint density at radius 2 is 1.94 bits per heavy atom. The largest absolute Gasteiger partial charge is 0.495 e. The number of ether oxygens (including phenoxy) is 1. The fraction of sp³-hybridized carbons (Fsp3) is 0.409. The van der Waals surface area contributed by atoms with Gasteiger partial charge in [-0.15, -0.1) is 11.3 Å². The molecule has 0 saturated carbocycles. The van der Waals surface area contributed by atoms with Crippen LogP contribution in [0.4, 0.5) is 5.69 Å². The maximum Gasteiger partial charge on any atom is 0.263 e. The lowest BCUT2D eigenvalue weighted by atomic mass is 10.2. The second-order valence-corrected chi connectivity index (χ2v) is 10.6. The Bertz CT molecular complexity index is 1220. The van der Waals surface area contributed by atoms with Crippen LogP contribution in [-0.2, 0) is 4.79 Å². The first-order valence-corrected chi connectivity index (χ1v) is 12.0. The SMILES string of the molecule is COc1cc(Cl)c(C)cc1NC(=O)C(C)Sc1nc2sc(C)c(C)c2c(=O)n1C(C)C. The quantitative estimate of drug-likeness (QED) is 0.360. The number of carbonyl (C=O) groups excluding carboxylic acids is 1. The van der Waals surface area contributed by atoms with Gasteiger partial charge in [-0.3, -0.25) is 14.2 Å². The van der Waals surface area contributed by atoms with Crippen LogP contribution in [0.15, 0.2) is 22.1 Å². The number of thioether (sulfide) groups is 1. The van der Waals surface area contributed by atoms with Gasteiger partial charge in [-0.05, 0) is 58.7 Å². The summed E-state index contributed by atoms with van der Waals surface area (Å²) in [7, 11) is 1.53. The summed E-state index contributed by atoms with van der Waals surface area (Å²) in [5.41, 5.74) is 2.30. The number of amides is 1. The molecule has 1 aromatic carbocycles. The summed E-state index contributed by atoms with van der Waals surface area (Å²) in [4.78, 5) is 32.7. The second-order valence-electron chi connectivity index (χ2n) is 7.68. The third-order valence-electron chi connectivity index (χ3n) is 5.11. The molecule has 1 N–H and O–H groups in total. The van der Waals surface area contributed by atoms with E-state index in [0.29, 0.717) is 31.8 Å². The van der Waals surface area contributed by atoms with E-state index in [1.165, 1.54) is 30.2 Å². The standard InChI is InChI=1S/C22H26ClN3O3S2/c1-10(2)26-21(28)18-12(4)13(5)30-20(18)25-22(26)31-14(6)19(27)24-16-8-11(3)15(23)9-17(16)29-7/h8-10,14H,1-7H3,(H,24,27). The highest BCUT2D eigenvalue weighted by molar-refractivity contribution is 8.00. The van der Waals surface area contributed by atoms with Crippen LogP contribution in [0.5, 0.6) is 5.75 Å². The number of nitrogens with zero attached hydrogens (tertiary/aromatic N) is 2. The number of methoxy groups -OCH3 is 1. The summed E-state index contributed by atoms with van der Waals surface area (Å²) in [6, 6.07) is 3.38. The number of rotatable bonds is 6. The van der Waals surface area contributed by atoms with Crippen LogP contribution in [0.2, 0.25) is 5.02 Å². The van der Waals surface area contributed by atoms with E-state index in [0.717, 1.165) is 16.0 Å². The molecule has 31 heavy (non-hydrogen) atoms. The zero-order valence-corrected chi connectivity index (χ0v) is 21.0. The first kappa shape index (κ1) is 23.6. The summed E-state index contributed by atoms with van der Waals surface area (Å²) in [6.45, 7) is 11.5. The topological polar surface area (TPSA) is 73.2 Å². The van der Waals surface area contributed by atoms with Gasteiger partial charge in [0.05, 0.1) is 23.4 Å². The summed E-state index contributed by atoms with van der Waals surface area (Å²) in [5, 5.41) is 4.19. The summed E-state index contributed by atoms with van der Waals surface area (Å²) < 4.78 is 7.02. The Morgan fingerprint density at radius 3 is 2.55 bits per heavy atom. The van der Waals surface area contributed by atoms with Crippen molar-refractivity contribution in [1.29, 1.82) is 0 Å². The first-order chi connectivity index (χ1) is 14.5. The molecule has 0 spiro atoms. The number of carbonyl (C=O) groups is 1. The Balaban J connectivity index is 1.94. The number of thiophene rings is 1. The fourth-order valence-corrected chi connectivity index (χ4v) is 5.47. The van der Waals surface area contributed by atoms with Crippen molar-refractivity contribution in [2.75, 3.05) is 12.4 Å². The third-order valence-corrected chi connectivity index (χ3v) is 7.68. The zero-order chi connectivity index (χ0) is 23.0. The molecule has 3 rings (SSSR count). The zero-order valence-electron chi connectivity index (χ0n) is 18.6. The van der Waals surface area contributed by atoms with Crippen molar-refractivity contribution in [3.8, 4) is 5.75 Å². The smallest absolute Gasteiger partial charge is 0.263 e. The van der Waals surface area contributed by atoms with E-state index in [1.54, 1.807) is 23.6 Å². The van der Waals surface area contributed by atoms with Gasteiger partial charge in [-0.2, -0.15) is 0 Å². The van der Waals surface area contributed by atoms with Crippen molar-refractivity contribution in [2.45, 2.75) is 58.0 Å². The Morgan fingerprint density at radius 1 is 1.26 bits per heavy atom. The summed E-state index contributed by atoms with van der Waals surface area (Å²) >= 11 is 8.93. The van der Waals surface area contributed by atoms with E-state index >= 15 is 0 Å². The lowest BCUT2D eigenvalue weighted by Gasteiger charge is -2.19. The number of hydrogen-bond donors (Lipinski definition) is 1. The Hall–Kier alpha value is -2.03. The van der Waals surface area contributed by atoms with Gasteiger partial charge in [-0.1, -0.05) is 23.4 Å². The minimum absolute atomic E-state index is 0.0630. The monoisotopic (exact) mass is 479 g/mol. The number of fused-ring (bicyclic) bond motifs is 1. The minimum Gasteiger partial charge on any atom is -0.495 e. The number of anilines is 1. The maximum atomic E-state index is 13.2. The molecule has 0 radical (unpaired) electrons. The molecule has 1 atom stereocenters. The predicted octanol–water partition coefficient (Wildman–Crippen LogP) is 5.75. The highest BCUT2D eigenvalue weighted by atomic mass is 35.5. The molecule has 1 unspecified atom stereocenters. The molecule has 1 amide bonds. The van der Waals surface area contributed by atoms with Crippen molar-refractivity contribution in [3.05, 3.63) is 43.5 Å². The van der Waals surface area contributed by atoms with Crippen molar-refractivity contribution < 1.29 is 9.53 Å². The third kappa shape index (κ3) is 4.61. The number of hydrogen-bond acceptors (Lipinski definition) is 6. The van der Waals surface area contributed by atoms with Crippen LogP contribution >= 0.6 is 34.7 Å². The average molecular weight is 480 g/mol. The number of aromatic nitrogens is 2. The van der Waals surface area contributed by atoms with Gasteiger partial charge in [-0.25, -0.2) is 4.98 Å². The Kier molecular flexibility index (Phi) is 7.03. The molecule has 2 heterocycles. The minimum atomic E-state index is -0.489. The number of nitrogens with one attached hydrogen (secondary N) is 1. The highest BCUT2D eigenvalue weighted by Gasteiger charge is 2.23. The van der Waals surface area contributed by atoms with Crippen LogP contribution in [0, 0.1) is 20.8 Å². The first-order valence-electron chi connectivity index (χ1n) is 9.89. The number of halogens is 1. The van der Waals surface area contributed by atoms with Crippen molar-refractivity contribution in [2.24, 2.45) is 0 Å². The summed E-state index contributed by atoms with van der Waals surface area (Å²) in [5.74, 6) is 0.275. The fourth-order valence-electron chi connectivity index (χ4n) is 3.20. The molecular formula is C22H26ClN3O3S2. The summed E-state index contributed by atoms with van der Waals surface area (Å²) in [6.07, 6.45) is 0. The molecule has 0 fully saturated rings. The van der Waals surface area contributed by atoms with E-state index in [4.69, 9.17) is 21.3 Å². The molecule has 3 aromatic rings. The van der Waals surface area contributed by atoms with E-state index in [2.05, 4.69) is 5.32 Å². The van der Waals surface area contributed by atoms with Crippen molar-refractivity contribution in [3.63, 3.8) is 0 Å². The molecule has 2 aromatic heterocycles. The van der Waals surface area contributed by atoms with Crippen LogP contribution in [0.1, 0.15) is 42.8 Å². The van der Waals surface area contributed by atoms with Gasteiger partial charge in [0.1, 0.15) is 10.6 Å². The van der Waals surface area contributed by atoms with Gasteiger partial charge >= 0.3 is 0 Å². The van der Waals surface area contributed by atoms with Gasteiger partial charge in [0.15, 0.2) is 5.16 Å². The molecule has 0 aliphatic rings. The van der Waals surface area contributed by atoms with E-state index < -0.39 is 5.25 Å². The number of aryl methyl sites for hydroxylation is 3. The molecule has 0 aliphatic heterocycles. The Labute approximate surface area is 195 Å². The van der Waals surface area contributed by atoms with Crippen LogP contribution in [0.3, 0.4) is 0 Å².